The molecule has 0 fully saturated rings. The lowest BCUT2D eigenvalue weighted by Crippen LogP contribution is -1.88. The largest absolute Gasteiger partial charge is 0.457 e. The first-order valence-corrected chi connectivity index (χ1v) is 5.81. The number of ether oxygens (including phenoxy) is 1. The molecular weight excluding hydrogens is 239 g/mol. The Balaban J connectivity index is 2.26. The third-order valence-corrected chi connectivity index (χ3v) is 2.62. The minimum atomic E-state index is -0.342. The van der Waals surface area contributed by atoms with Gasteiger partial charge in [-0.25, -0.2) is 4.39 Å². The van der Waals surface area contributed by atoms with Gasteiger partial charge in [0.1, 0.15) is 17.3 Å². The van der Waals surface area contributed by atoms with Crippen LogP contribution in [0.5, 0.6) is 11.5 Å². The standard InChI is InChI=1S/C14H12ClFO/c1-10-3-2-4-13(5-10)17-14-7-11(9-15)6-12(16)8-14/h2-8H,9H2,1H3. The molecule has 17 heavy (non-hydrogen) atoms. The van der Waals surface area contributed by atoms with Gasteiger partial charge in [-0.15, -0.1) is 11.6 Å². The van der Waals surface area contributed by atoms with Gasteiger partial charge in [-0.05, 0) is 42.3 Å². The van der Waals surface area contributed by atoms with Crippen molar-refractivity contribution in [3.8, 4) is 11.5 Å². The number of hydrogen-bond acceptors (Lipinski definition) is 1. The van der Waals surface area contributed by atoms with Crippen molar-refractivity contribution in [3.63, 3.8) is 0 Å². The van der Waals surface area contributed by atoms with Crippen molar-refractivity contribution >= 4 is 11.6 Å². The maximum Gasteiger partial charge on any atom is 0.130 e. The van der Waals surface area contributed by atoms with Crippen molar-refractivity contribution in [1.82, 2.24) is 0 Å². The third kappa shape index (κ3) is 3.21. The molecule has 0 radical (unpaired) electrons. The van der Waals surface area contributed by atoms with Crippen molar-refractivity contribution in [2.45, 2.75) is 12.8 Å². The second kappa shape index (κ2) is 5.19. The first kappa shape index (κ1) is 11.9. The molecule has 0 atom stereocenters. The summed E-state index contributed by atoms with van der Waals surface area (Å²) in [6.45, 7) is 1.97. The van der Waals surface area contributed by atoms with Crippen LogP contribution in [0.15, 0.2) is 42.5 Å². The fourth-order valence-corrected chi connectivity index (χ4v) is 1.73. The average Bonchev–Trinajstić information content (AvgIpc) is 2.28. The van der Waals surface area contributed by atoms with E-state index in [-0.39, 0.29) is 11.7 Å². The summed E-state index contributed by atoms with van der Waals surface area (Å²) in [6, 6.07) is 12.1. The van der Waals surface area contributed by atoms with Gasteiger partial charge in [-0.3, -0.25) is 0 Å². The number of benzene rings is 2. The first-order chi connectivity index (χ1) is 8.17. The Morgan fingerprint density at radius 1 is 1.12 bits per heavy atom. The predicted molar refractivity (Wildman–Crippen MR) is 67.2 cm³/mol. The smallest absolute Gasteiger partial charge is 0.130 e. The van der Waals surface area contributed by atoms with Crippen LogP contribution in [0.1, 0.15) is 11.1 Å². The average molecular weight is 251 g/mol. The molecule has 0 aliphatic rings. The Bertz CT molecular complexity index is 525. The summed E-state index contributed by atoms with van der Waals surface area (Å²) in [5, 5.41) is 0. The molecular formula is C14H12ClFO. The monoisotopic (exact) mass is 250 g/mol. The van der Waals surface area contributed by atoms with E-state index in [9.17, 15) is 4.39 Å². The van der Waals surface area contributed by atoms with Crippen molar-refractivity contribution in [2.75, 3.05) is 0 Å². The van der Waals surface area contributed by atoms with E-state index in [2.05, 4.69) is 0 Å². The van der Waals surface area contributed by atoms with Crippen LogP contribution in [0.2, 0.25) is 0 Å². The quantitative estimate of drug-likeness (QED) is 0.720. The first-order valence-electron chi connectivity index (χ1n) is 5.27. The molecule has 0 heterocycles. The van der Waals surface area contributed by atoms with E-state index in [0.717, 1.165) is 5.56 Å². The lowest BCUT2D eigenvalue weighted by Gasteiger charge is -2.07. The Hall–Kier alpha value is -1.54. The molecule has 88 valence electrons. The van der Waals surface area contributed by atoms with Crippen LogP contribution in [0, 0.1) is 12.7 Å². The molecule has 0 unspecified atom stereocenters. The van der Waals surface area contributed by atoms with Gasteiger partial charge in [0.25, 0.3) is 0 Å². The fraction of sp³-hybridized carbons (Fsp3) is 0.143. The highest BCUT2D eigenvalue weighted by Crippen LogP contribution is 2.24. The summed E-state index contributed by atoms with van der Waals surface area (Å²) in [5.41, 5.74) is 1.80. The molecule has 2 aromatic rings. The van der Waals surface area contributed by atoms with Gasteiger partial charge < -0.3 is 4.74 Å². The predicted octanol–water partition coefficient (Wildman–Crippen LogP) is 4.67. The van der Waals surface area contributed by atoms with Crippen LogP contribution in [-0.4, -0.2) is 0 Å². The number of rotatable bonds is 3. The van der Waals surface area contributed by atoms with Crippen molar-refractivity contribution < 1.29 is 9.13 Å². The van der Waals surface area contributed by atoms with E-state index in [1.54, 1.807) is 6.07 Å². The van der Waals surface area contributed by atoms with Crippen molar-refractivity contribution in [1.29, 1.82) is 0 Å². The Morgan fingerprint density at radius 2 is 1.94 bits per heavy atom. The zero-order chi connectivity index (χ0) is 12.3. The lowest BCUT2D eigenvalue weighted by molar-refractivity contribution is 0.475. The molecule has 0 aliphatic carbocycles. The van der Waals surface area contributed by atoms with Crippen LogP contribution >= 0.6 is 11.6 Å². The lowest BCUT2D eigenvalue weighted by atomic mass is 10.2. The summed E-state index contributed by atoms with van der Waals surface area (Å²) >= 11 is 5.68. The summed E-state index contributed by atoms with van der Waals surface area (Å²) < 4.78 is 18.8. The van der Waals surface area contributed by atoms with Crippen LogP contribution < -0.4 is 4.74 Å². The summed E-state index contributed by atoms with van der Waals surface area (Å²) in [7, 11) is 0. The molecule has 0 N–H and O–H groups in total. The normalized spacial score (nSPS) is 10.3. The fourth-order valence-electron chi connectivity index (χ4n) is 1.57. The molecule has 0 saturated heterocycles. The van der Waals surface area contributed by atoms with Crippen LogP contribution in [0.3, 0.4) is 0 Å². The molecule has 0 bridgehead atoms. The van der Waals surface area contributed by atoms with Gasteiger partial charge in [0.05, 0.1) is 0 Å². The third-order valence-electron chi connectivity index (χ3n) is 2.31. The van der Waals surface area contributed by atoms with Crippen LogP contribution in [0.25, 0.3) is 0 Å². The van der Waals surface area contributed by atoms with Crippen molar-refractivity contribution in [2.24, 2.45) is 0 Å². The highest BCUT2D eigenvalue weighted by atomic mass is 35.5. The molecule has 3 heteroatoms. The SMILES string of the molecule is Cc1cccc(Oc2cc(F)cc(CCl)c2)c1. The number of aryl methyl sites for hydroxylation is 1. The van der Waals surface area contributed by atoms with E-state index in [1.165, 1.54) is 12.1 Å². The van der Waals surface area contributed by atoms with E-state index >= 15 is 0 Å². The van der Waals surface area contributed by atoms with Crippen LogP contribution in [-0.2, 0) is 5.88 Å². The molecule has 0 aliphatic heterocycles. The minimum Gasteiger partial charge on any atom is -0.457 e. The van der Waals surface area contributed by atoms with Gasteiger partial charge in [0.2, 0.25) is 0 Å². The Labute approximate surface area is 105 Å². The maximum absolute atomic E-state index is 13.3. The van der Waals surface area contributed by atoms with Gasteiger partial charge >= 0.3 is 0 Å². The highest BCUT2D eigenvalue weighted by molar-refractivity contribution is 6.17. The maximum atomic E-state index is 13.3. The molecule has 2 aromatic carbocycles. The molecule has 0 saturated carbocycles. The molecule has 1 nitrogen and oxygen atoms in total. The Kier molecular flexibility index (Phi) is 3.64. The second-order valence-corrected chi connectivity index (χ2v) is 4.11. The van der Waals surface area contributed by atoms with Crippen molar-refractivity contribution in [3.05, 3.63) is 59.4 Å². The summed E-state index contributed by atoms with van der Waals surface area (Å²) in [6.07, 6.45) is 0. The second-order valence-electron chi connectivity index (χ2n) is 3.85. The summed E-state index contributed by atoms with van der Waals surface area (Å²) in [5.74, 6) is 1.08. The van der Waals surface area contributed by atoms with Gasteiger partial charge in [0, 0.05) is 11.9 Å². The minimum absolute atomic E-state index is 0.266. The Morgan fingerprint density at radius 3 is 2.65 bits per heavy atom. The number of hydrogen-bond donors (Lipinski definition) is 0. The molecule has 0 amide bonds. The molecule has 0 spiro atoms. The number of alkyl halides is 1. The summed E-state index contributed by atoms with van der Waals surface area (Å²) in [4.78, 5) is 0. The zero-order valence-electron chi connectivity index (χ0n) is 9.41. The molecule has 2 rings (SSSR count). The highest BCUT2D eigenvalue weighted by Gasteiger charge is 2.02. The van der Waals surface area contributed by atoms with E-state index in [1.807, 2.05) is 31.2 Å². The number of halogens is 2. The van der Waals surface area contributed by atoms with Gasteiger partial charge in [-0.2, -0.15) is 0 Å². The van der Waals surface area contributed by atoms with Gasteiger partial charge in [-0.1, -0.05) is 12.1 Å². The van der Waals surface area contributed by atoms with E-state index < -0.39 is 0 Å². The van der Waals surface area contributed by atoms with E-state index in [0.29, 0.717) is 17.1 Å². The van der Waals surface area contributed by atoms with Crippen LogP contribution in [0.4, 0.5) is 4.39 Å². The van der Waals surface area contributed by atoms with Gasteiger partial charge in [0.15, 0.2) is 0 Å². The topological polar surface area (TPSA) is 9.23 Å². The van der Waals surface area contributed by atoms with E-state index in [4.69, 9.17) is 16.3 Å². The zero-order valence-corrected chi connectivity index (χ0v) is 10.2. The molecule has 0 aromatic heterocycles.